The second-order valence-corrected chi connectivity index (χ2v) is 7.52. The number of amides is 1. The molecular weight excluding hydrogens is 344 g/mol. The molecule has 1 aliphatic rings. The van der Waals surface area contributed by atoms with Gasteiger partial charge in [0.25, 0.3) is 0 Å². The van der Waals surface area contributed by atoms with Gasteiger partial charge in [-0.15, -0.1) is 0 Å². The van der Waals surface area contributed by atoms with Crippen LogP contribution in [0.2, 0.25) is 0 Å². The van der Waals surface area contributed by atoms with Crippen LogP contribution in [-0.4, -0.2) is 42.8 Å². The molecule has 1 aromatic carbocycles. The number of benzene rings is 1. The first-order valence-electron chi connectivity index (χ1n) is 10.1. The topological polar surface area (TPSA) is 41.6 Å². The van der Waals surface area contributed by atoms with Gasteiger partial charge < -0.3 is 10.1 Å². The lowest BCUT2D eigenvalue weighted by molar-refractivity contribution is -0.121. The highest BCUT2D eigenvalue weighted by molar-refractivity contribution is 7.80. The van der Waals surface area contributed by atoms with Crippen LogP contribution in [0.3, 0.4) is 0 Å². The Labute approximate surface area is 164 Å². The zero-order valence-corrected chi connectivity index (χ0v) is 16.8. The van der Waals surface area contributed by atoms with Crippen molar-refractivity contribution in [3.8, 4) is 5.75 Å². The van der Waals surface area contributed by atoms with Crippen molar-refractivity contribution >= 4 is 18.5 Å². The van der Waals surface area contributed by atoms with Crippen molar-refractivity contribution in [2.24, 2.45) is 0 Å². The lowest BCUT2D eigenvalue weighted by Crippen LogP contribution is -2.29. The Hall–Kier alpha value is -1.20. The van der Waals surface area contributed by atoms with Crippen molar-refractivity contribution in [2.75, 3.05) is 32.0 Å². The minimum absolute atomic E-state index is 0.146. The molecule has 1 heterocycles. The third kappa shape index (κ3) is 8.95. The van der Waals surface area contributed by atoms with Crippen molar-refractivity contribution in [2.45, 2.75) is 57.9 Å². The maximum Gasteiger partial charge on any atom is 0.219 e. The molecule has 5 heteroatoms. The van der Waals surface area contributed by atoms with E-state index < -0.39 is 0 Å². The first-order valence-corrected chi connectivity index (χ1v) is 10.7. The van der Waals surface area contributed by atoms with Crippen molar-refractivity contribution in [1.82, 2.24) is 10.2 Å². The predicted octanol–water partition coefficient (Wildman–Crippen LogP) is 4.05. The van der Waals surface area contributed by atoms with Crippen LogP contribution < -0.4 is 10.1 Å². The Morgan fingerprint density at radius 3 is 2.77 bits per heavy atom. The maximum absolute atomic E-state index is 11.7. The zero-order chi connectivity index (χ0) is 18.5. The first-order chi connectivity index (χ1) is 12.8. The van der Waals surface area contributed by atoms with Crippen molar-refractivity contribution in [3.05, 3.63) is 29.8 Å². The van der Waals surface area contributed by atoms with E-state index in [9.17, 15) is 4.79 Å². The number of hydrogen-bond donors (Lipinski definition) is 2. The lowest BCUT2D eigenvalue weighted by atomic mass is 10.1. The van der Waals surface area contributed by atoms with Crippen LogP contribution in [-0.2, 0) is 11.3 Å². The molecule has 0 spiro atoms. The van der Waals surface area contributed by atoms with Crippen LogP contribution in [0.25, 0.3) is 0 Å². The molecule has 1 aromatic rings. The third-order valence-corrected chi connectivity index (χ3v) is 5.04. The largest absolute Gasteiger partial charge is 0.494 e. The Balaban J connectivity index is 1.57. The smallest absolute Gasteiger partial charge is 0.219 e. The number of hydrogen-bond acceptors (Lipinski definition) is 4. The number of ether oxygens (including phenoxy) is 1. The fourth-order valence-electron chi connectivity index (χ4n) is 3.26. The number of nitrogens with one attached hydrogen (secondary N) is 1. The van der Waals surface area contributed by atoms with Gasteiger partial charge in [0.05, 0.1) is 6.61 Å². The Kier molecular flexibility index (Phi) is 10.6. The zero-order valence-electron chi connectivity index (χ0n) is 15.9. The SMILES string of the molecule is O=C(CCCCCS)NCCCOc1cccc(CN2CCCCC2)c1. The molecule has 26 heavy (non-hydrogen) atoms. The fourth-order valence-corrected chi connectivity index (χ4v) is 3.49. The standard InChI is InChI=1S/C21H34N2O2S/c24-21(11-3-1-6-16-26)22-12-8-15-25-20-10-7-9-19(17-20)18-23-13-4-2-5-14-23/h7,9-10,17,26H,1-6,8,11-16,18H2,(H,22,24). The molecule has 1 saturated heterocycles. The van der Waals surface area contributed by atoms with E-state index in [2.05, 4.69) is 41.0 Å². The van der Waals surface area contributed by atoms with Crippen LogP contribution in [0.4, 0.5) is 0 Å². The molecule has 0 unspecified atom stereocenters. The molecule has 2 rings (SSSR count). The van der Waals surface area contributed by atoms with Gasteiger partial charge in [0, 0.05) is 19.5 Å². The third-order valence-electron chi connectivity index (χ3n) is 4.73. The summed E-state index contributed by atoms with van der Waals surface area (Å²) in [7, 11) is 0. The molecule has 1 fully saturated rings. The highest BCUT2D eigenvalue weighted by Gasteiger charge is 2.10. The van der Waals surface area contributed by atoms with E-state index in [1.165, 1.54) is 37.9 Å². The number of nitrogens with zero attached hydrogens (tertiary/aromatic N) is 1. The Morgan fingerprint density at radius 1 is 1.12 bits per heavy atom. The molecule has 0 saturated carbocycles. The highest BCUT2D eigenvalue weighted by atomic mass is 32.1. The van der Waals surface area contributed by atoms with E-state index in [1.807, 2.05) is 6.07 Å². The van der Waals surface area contributed by atoms with Gasteiger partial charge in [0.1, 0.15) is 5.75 Å². The van der Waals surface area contributed by atoms with Gasteiger partial charge in [-0.25, -0.2) is 0 Å². The quantitative estimate of drug-likeness (QED) is 0.426. The van der Waals surface area contributed by atoms with E-state index in [4.69, 9.17) is 4.74 Å². The molecule has 146 valence electrons. The summed E-state index contributed by atoms with van der Waals surface area (Å²) in [5.74, 6) is 1.98. The molecule has 1 amide bonds. The van der Waals surface area contributed by atoms with Gasteiger partial charge in [-0.05, 0) is 68.6 Å². The molecule has 0 aliphatic carbocycles. The number of piperidine rings is 1. The Bertz CT molecular complexity index is 518. The van der Waals surface area contributed by atoms with E-state index in [0.717, 1.165) is 43.7 Å². The van der Waals surface area contributed by atoms with Gasteiger partial charge in [-0.3, -0.25) is 9.69 Å². The minimum Gasteiger partial charge on any atom is -0.494 e. The van der Waals surface area contributed by atoms with Crippen LogP contribution in [0.1, 0.15) is 56.9 Å². The lowest BCUT2D eigenvalue weighted by Gasteiger charge is -2.26. The molecule has 1 N–H and O–H groups in total. The summed E-state index contributed by atoms with van der Waals surface area (Å²) in [6.07, 6.45) is 8.56. The predicted molar refractivity (Wildman–Crippen MR) is 111 cm³/mol. The first kappa shape index (κ1) is 21.1. The summed E-state index contributed by atoms with van der Waals surface area (Å²) in [5.41, 5.74) is 1.32. The second kappa shape index (κ2) is 13.0. The van der Waals surface area contributed by atoms with E-state index in [-0.39, 0.29) is 5.91 Å². The average molecular weight is 379 g/mol. The van der Waals surface area contributed by atoms with Gasteiger partial charge >= 0.3 is 0 Å². The molecule has 0 radical (unpaired) electrons. The molecule has 0 atom stereocenters. The number of rotatable bonds is 12. The van der Waals surface area contributed by atoms with E-state index in [0.29, 0.717) is 19.6 Å². The summed E-state index contributed by atoms with van der Waals surface area (Å²) < 4.78 is 5.85. The van der Waals surface area contributed by atoms with Crippen LogP contribution in [0, 0.1) is 0 Å². The highest BCUT2D eigenvalue weighted by Crippen LogP contribution is 2.17. The van der Waals surface area contributed by atoms with Gasteiger partial charge in [-0.2, -0.15) is 12.6 Å². The number of thiol groups is 1. The van der Waals surface area contributed by atoms with Crippen LogP contribution >= 0.6 is 12.6 Å². The van der Waals surface area contributed by atoms with Crippen molar-refractivity contribution < 1.29 is 9.53 Å². The van der Waals surface area contributed by atoms with E-state index >= 15 is 0 Å². The molecule has 0 bridgehead atoms. The van der Waals surface area contributed by atoms with Crippen molar-refractivity contribution in [3.63, 3.8) is 0 Å². The number of carbonyl (C=O) groups is 1. The molecule has 1 aliphatic heterocycles. The van der Waals surface area contributed by atoms with Gasteiger partial charge in [-0.1, -0.05) is 25.0 Å². The molecular formula is C21H34N2O2S. The van der Waals surface area contributed by atoms with Crippen molar-refractivity contribution in [1.29, 1.82) is 0 Å². The fraction of sp³-hybridized carbons (Fsp3) is 0.667. The molecule has 0 aromatic heterocycles. The average Bonchev–Trinajstić information content (AvgIpc) is 2.66. The summed E-state index contributed by atoms with van der Waals surface area (Å²) in [6, 6.07) is 8.41. The minimum atomic E-state index is 0.146. The number of carbonyl (C=O) groups excluding carboxylic acids is 1. The summed E-state index contributed by atoms with van der Waals surface area (Å²) in [4.78, 5) is 14.2. The normalized spacial score (nSPS) is 15.0. The maximum atomic E-state index is 11.7. The van der Waals surface area contributed by atoms with Gasteiger partial charge in [0.2, 0.25) is 5.91 Å². The van der Waals surface area contributed by atoms with Crippen LogP contribution in [0.15, 0.2) is 24.3 Å². The Morgan fingerprint density at radius 2 is 1.96 bits per heavy atom. The van der Waals surface area contributed by atoms with Gasteiger partial charge in [0.15, 0.2) is 0 Å². The van der Waals surface area contributed by atoms with E-state index in [1.54, 1.807) is 0 Å². The van der Waals surface area contributed by atoms with Crippen LogP contribution in [0.5, 0.6) is 5.75 Å². The number of likely N-dealkylation sites (tertiary alicyclic amines) is 1. The molecule has 4 nitrogen and oxygen atoms in total. The summed E-state index contributed by atoms with van der Waals surface area (Å²) in [6.45, 7) is 4.74. The number of unbranched alkanes of at least 4 members (excludes halogenated alkanes) is 2. The monoisotopic (exact) mass is 378 g/mol. The summed E-state index contributed by atoms with van der Waals surface area (Å²) >= 11 is 4.18. The summed E-state index contributed by atoms with van der Waals surface area (Å²) in [5, 5.41) is 2.97. The second-order valence-electron chi connectivity index (χ2n) is 7.07.